The van der Waals surface area contributed by atoms with Crippen LogP contribution in [0.3, 0.4) is 0 Å². The van der Waals surface area contributed by atoms with Crippen molar-refractivity contribution in [1.29, 1.82) is 0 Å². The third kappa shape index (κ3) is 6.26. The van der Waals surface area contributed by atoms with Crippen molar-refractivity contribution in [1.82, 2.24) is 5.32 Å². The predicted molar refractivity (Wildman–Crippen MR) is 59.9 cm³/mol. The molecule has 0 aliphatic heterocycles. The summed E-state index contributed by atoms with van der Waals surface area (Å²) in [5, 5.41) is 2.58. The van der Waals surface area contributed by atoms with E-state index in [0.29, 0.717) is 17.3 Å². The van der Waals surface area contributed by atoms with Gasteiger partial charge in [-0.1, -0.05) is 22.4 Å². The van der Waals surface area contributed by atoms with Crippen molar-refractivity contribution in [3.63, 3.8) is 0 Å². The fraction of sp³-hybridized carbons (Fsp3) is 0.900. The van der Waals surface area contributed by atoms with Gasteiger partial charge in [-0.25, -0.2) is 0 Å². The number of ether oxygens (including phenoxy) is 1. The van der Waals surface area contributed by atoms with Crippen molar-refractivity contribution in [2.24, 2.45) is 5.92 Å². The summed E-state index contributed by atoms with van der Waals surface area (Å²) >= 11 is 3.50. The molecule has 100 valence electrons. The van der Waals surface area contributed by atoms with Crippen LogP contribution in [-0.4, -0.2) is 36.7 Å². The number of nitrogens with one attached hydrogen (secondary N) is 1. The maximum absolute atomic E-state index is 11.7. The normalized spacial score (nSPS) is 24.9. The minimum Gasteiger partial charge on any atom is -0.362 e. The summed E-state index contributed by atoms with van der Waals surface area (Å²) in [5.74, 6) is -0.137. The lowest BCUT2D eigenvalue weighted by molar-refractivity contribution is -0.175. The molecule has 2 atom stereocenters. The summed E-state index contributed by atoms with van der Waals surface area (Å²) in [6, 6.07) is 0. The highest BCUT2D eigenvalue weighted by Crippen LogP contribution is 2.30. The lowest BCUT2D eigenvalue weighted by Crippen LogP contribution is -2.34. The molecule has 0 heterocycles. The van der Waals surface area contributed by atoms with Gasteiger partial charge in [-0.05, 0) is 18.8 Å². The van der Waals surface area contributed by atoms with E-state index >= 15 is 0 Å². The molecular formula is C10H15BrF3NO2. The second-order valence-corrected chi connectivity index (χ2v) is 5.30. The second-order valence-electron chi connectivity index (χ2n) is 4.12. The Bertz CT molecular complexity index is 260. The van der Waals surface area contributed by atoms with Crippen LogP contribution >= 0.6 is 15.9 Å². The van der Waals surface area contributed by atoms with Crippen LogP contribution in [0.1, 0.15) is 19.3 Å². The molecule has 0 saturated heterocycles. The van der Waals surface area contributed by atoms with Gasteiger partial charge in [0, 0.05) is 11.4 Å². The summed E-state index contributed by atoms with van der Waals surface area (Å²) in [6.07, 6.45) is -1.17. The van der Waals surface area contributed by atoms with Crippen molar-refractivity contribution in [3.8, 4) is 0 Å². The molecule has 17 heavy (non-hydrogen) atoms. The first-order valence-electron chi connectivity index (χ1n) is 5.44. The predicted octanol–water partition coefficient (Wildman–Crippen LogP) is 2.25. The molecule has 0 spiro atoms. The smallest absolute Gasteiger partial charge is 0.362 e. The summed E-state index contributed by atoms with van der Waals surface area (Å²) < 4.78 is 39.4. The SMILES string of the molecule is O=C(COCC(F)(F)F)NCC1CCCC1Br. The van der Waals surface area contributed by atoms with Crippen LogP contribution in [0, 0.1) is 5.92 Å². The van der Waals surface area contributed by atoms with E-state index in [1.165, 1.54) is 0 Å². The zero-order valence-corrected chi connectivity index (χ0v) is 10.8. The molecule has 1 aliphatic rings. The first-order chi connectivity index (χ1) is 7.88. The van der Waals surface area contributed by atoms with Crippen LogP contribution in [0.2, 0.25) is 0 Å². The van der Waals surface area contributed by atoms with Crippen molar-refractivity contribution in [2.45, 2.75) is 30.3 Å². The van der Waals surface area contributed by atoms with E-state index < -0.39 is 25.3 Å². The molecule has 0 bridgehead atoms. The Morgan fingerprint density at radius 1 is 1.41 bits per heavy atom. The lowest BCUT2D eigenvalue weighted by atomic mass is 10.1. The zero-order chi connectivity index (χ0) is 12.9. The zero-order valence-electron chi connectivity index (χ0n) is 9.23. The first kappa shape index (κ1) is 14.8. The van der Waals surface area contributed by atoms with Crippen LogP contribution in [0.5, 0.6) is 0 Å². The van der Waals surface area contributed by atoms with E-state index in [-0.39, 0.29) is 0 Å². The molecule has 3 nitrogen and oxygen atoms in total. The van der Waals surface area contributed by atoms with Crippen molar-refractivity contribution in [3.05, 3.63) is 0 Å². The molecule has 1 fully saturated rings. The van der Waals surface area contributed by atoms with E-state index in [1.54, 1.807) is 0 Å². The van der Waals surface area contributed by atoms with Crippen molar-refractivity contribution >= 4 is 21.8 Å². The van der Waals surface area contributed by atoms with Gasteiger partial charge in [0.05, 0.1) is 0 Å². The Hall–Kier alpha value is -0.300. The number of rotatable bonds is 5. The van der Waals surface area contributed by atoms with Crippen LogP contribution < -0.4 is 5.32 Å². The summed E-state index contributed by atoms with van der Waals surface area (Å²) in [5.41, 5.74) is 0. The molecule has 0 aromatic carbocycles. The van der Waals surface area contributed by atoms with E-state index in [9.17, 15) is 18.0 Å². The summed E-state index contributed by atoms with van der Waals surface area (Å²) in [7, 11) is 0. The van der Waals surface area contributed by atoms with Gasteiger partial charge in [-0.3, -0.25) is 4.79 Å². The number of amides is 1. The Balaban J connectivity index is 2.09. The highest BCUT2D eigenvalue weighted by atomic mass is 79.9. The van der Waals surface area contributed by atoms with Gasteiger partial charge in [-0.2, -0.15) is 13.2 Å². The van der Waals surface area contributed by atoms with Gasteiger partial charge < -0.3 is 10.1 Å². The van der Waals surface area contributed by atoms with E-state index in [2.05, 4.69) is 26.0 Å². The van der Waals surface area contributed by atoms with Crippen LogP contribution in [0.25, 0.3) is 0 Å². The molecule has 0 radical (unpaired) electrons. The quantitative estimate of drug-likeness (QED) is 0.790. The number of halogens is 4. The number of carbonyl (C=O) groups is 1. The fourth-order valence-corrected chi connectivity index (χ4v) is 2.55. The molecule has 1 amide bonds. The van der Waals surface area contributed by atoms with Crippen molar-refractivity contribution < 1.29 is 22.7 Å². The molecule has 0 aromatic rings. The maximum atomic E-state index is 11.7. The van der Waals surface area contributed by atoms with Crippen LogP contribution in [-0.2, 0) is 9.53 Å². The molecule has 1 N–H and O–H groups in total. The maximum Gasteiger partial charge on any atom is 0.411 e. The lowest BCUT2D eigenvalue weighted by Gasteiger charge is -2.14. The van der Waals surface area contributed by atoms with Gasteiger partial charge in [0.1, 0.15) is 13.2 Å². The van der Waals surface area contributed by atoms with Crippen LogP contribution in [0.15, 0.2) is 0 Å². The largest absolute Gasteiger partial charge is 0.411 e. The number of carbonyl (C=O) groups excluding carboxylic acids is 1. The van der Waals surface area contributed by atoms with Crippen LogP contribution in [0.4, 0.5) is 13.2 Å². The monoisotopic (exact) mass is 317 g/mol. The highest BCUT2D eigenvalue weighted by molar-refractivity contribution is 9.09. The average molecular weight is 318 g/mol. The Kier molecular flexibility index (Phi) is 5.72. The van der Waals surface area contributed by atoms with Gasteiger partial charge in [0.25, 0.3) is 0 Å². The van der Waals surface area contributed by atoms with Gasteiger partial charge in [-0.15, -0.1) is 0 Å². The molecule has 0 aromatic heterocycles. The third-order valence-corrected chi connectivity index (χ3v) is 3.83. The molecular weight excluding hydrogens is 303 g/mol. The highest BCUT2D eigenvalue weighted by Gasteiger charge is 2.28. The first-order valence-corrected chi connectivity index (χ1v) is 6.35. The molecule has 1 saturated carbocycles. The fourth-order valence-electron chi connectivity index (χ4n) is 1.78. The summed E-state index contributed by atoms with van der Waals surface area (Å²) in [4.78, 5) is 11.6. The average Bonchev–Trinajstić information content (AvgIpc) is 2.59. The number of hydrogen-bond donors (Lipinski definition) is 1. The van der Waals surface area contributed by atoms with E-state index in [1.807, 2.05) is 0 Å². The van der Waals surface area contributed by atoms with E-state index in [4.69, 9.17) is 0 Å². The Morgan fingerprint density at radius 3 is 2.65 bits per heavy atom. The van der Waals surface area contributed by atoms with Gasteiger partial charge in [0.15, 0.2) is 0 Å². The minimum atomic E-state index is -4.38. The molecule has 1 aliphatic carbocycles. The molecule has 2 unspecified atom stereocenters. The Labute approximate surface area is 106 Å². The van der Waals surface area contributed by atoms with Gasteiger partial charge in [0.2, 0.25) is 5.91 Å². The van der Waals surface area contributed by atoms with Gasteiger partial charge >= 0.3 is 6.18 Å². The Morgan fingerprint density at radius 2 is 2.12 bits per heavy atom. The molecule has 1 rings (SSSR count). The topological polar surface area (TPSA) is 38.3 Å². The standard InChI is InChI=1S/C10H15BrF3NO2/c11-8-3-1-2-7(8)4-15-9(16)5-17-6-10(12,13)14/h7-8H,1-6H2,(H,15,16). The number of hydrogen-bond acceptors (Lipinski definition) is 2. The second kappa shape index (κ2) is 6.58. The molecule has 7 heteroatoms. The number of alkyl halides is 4. The minimum absolute atomic E-state index is 0.363. The summed E-state index contributed by atoms with van der Waals surface area (Å²) in [6.45, 7) is -1.44. The van der Waals surface area contributed by atoms with Crippen molar-refractivity contribution in [2.75, 3.05) is 19.8 Å². The van der Waals surface area contributed by atoms with E-state index in [0.717, 1.165) is 19.3 Å². The third-order valence-electron chi connectivity index (χ3n) is 2.63.